The predicted molar refractivity (Wildman–Crippen MR) is 68.8 cm³/mol. The van der Waals surface area contributed by atoms with Gasteiger partial charge in [0.1, 0.15) is 5.82 Å². The van der Waals surface area contributed by atoms with Gasteiger partial charge in [-0.1, -0.05) is 0 Å². The van der Waals surface area contributed by atoms with Gasteiger partial charge in [0.25, 0.3) is 0 Å². The highest BCUT2D eigenvalue weighted by atomic mass is 15.1. The highest BCUT2D eigenvalue weighted by Crippen LogP contribution is 2.09. The molecule has 0 aliphatic heterocycles. The third kappa shape index (κ3) is 3.21. The van der Waals surface area contributed by atoms with E-state index in [1.807, 2.05) is 19.2 Å². The van der Waals surface area contributed by atoms with Gasteiger partial charge in [-0.15, -0.1) is 0 Å². The molecule has 0 radical (unpaired) electrons. The molecule has 0 unspecified atom stereocenters. The van der Waals surface area contributed by atoms with Crippen molar-refractivity contribution in [2.75, 3.05) is 17.6 Å². The number of nitrogens with one attached hydrogen (secondary N) is 2. The molecule has 2 heterocycles. The molecule has 0 spiro atoms. The minimum atomic E-state index is 0.546. The van der Waals surface area contributed by atoms with Gasteiger partial charge in [0, 0.05) is 12.2 Å². The summed E-state index contributed by atoms with van der Waals surface area (Å²) < 4.78 is 0. The number of aromatic amines is 1. The molecule has 0 saturated carbocycles. The second kappa shape index (κ2) is 5.34. The quantitative estimate of drug-likeness (QED) is 0.685. The normalized spacial score (nSPS) is 10.4. The first-order valence-electron chi connectivity index (χ1n) is 5.70. The third-order valence-electron chi connectivity index (χ3n) is 2.67. The molecule has 4 N–H and O–H groups in total. The van der Waals surface area contributed by atoms with Crippen molar-refractivity contribution in [3.05, 3.63) is 35.8 Å². The van der Waals surface area contributed by atoms with Crippen LogP contribution in [0.15, 0.2) is 24.5 Å². The lowest BCUT2D eigenvalue weighted by Gasteiger charge is -2.05. The molecule has 2 rings (SSSR count). The van der Waals surface area contributed by atoms with E-state index in [0.29, 0.717) is 5.82 Å². The van der Waals surface area contributed by atoms with Gasteiger partial charge in [0.15, 0.2) is 0 Å². The van der Waals surface area contributed by atoms with Crippen molar-refractivity contribution in [2.24, 2.45) is 0 Å². The van der Waals surface area contributed by atoms with Crippen LogP contribution in [0.1, 0.15) is 17.7 Å². The molecule has 0 aliphatic carbocycles. The Morgan fingerprint density at radius 1 is 1.35 bits per heavy atom. The van der Waals surface area contributed by atoms with Gasteiger partial charge in [0.05, 0.1) is 18.1 Å². The Kier molecular flexibility index (Phi) is 3.59. The third-order valence-corrected chi connectivity index (χ3v) is 2.67. The lowest BCUT2D eigenvalue weighted by Crippen LogP contribution is -2.03. The van der Waals surface area contributed by atoms with Gasteiger partial charge in [-0.05, 0) is 37.5 Å². The van der Waals surface area contributed by atoms with Crippen molar-refractivity contribution in [1.29, 1.82) is 0 Å². The van der Waals surface area contributed by atoms with Crippen LogP contribution in [0.25, 0.3) is 0 Å². The topological polar surface area (TPSA) is 79.6 Å². The summed E-state index contributed by atoms with van der Waals surface area (Å²) in [5, 5.41) is 10.2. The summed E-state index contributed by atoms with van der Waals surface area (Å²) in [7, 11) is 0. The van der Waals surface area contributed by atoms with Gasteiger partial charge in [-0.2, -0.15) is 5.10 Å². The van der Waals surface area contributed by atoms with Crippen LogP contribution in [0, 0.1) is 6.92 Å². The number of rotatable bonds is 5. The zero-order valence-corrected chi connectivity index (χ0v) is 9.90. The first kappa shape index (κ1) is 11.4. The maximum atomic E-state index is 5.51. The standard InChI is InChI=1S/C12H17N5/c1-9-10(7-16-17-9)3-2-6-14-11-4-5-12(13)15-8-11/h4-5,7-8,14H,2-3,6H2,1H3,(H2,13,15)(H,16,17). The number of nitrogen functional groups attached to an aromatic ring is 1. The lowest BCUT2D eigenvalue weighted by molar-refractivity contribution is 0.857. The van der Waals surface area contributed by atoms with Gasteiger partial charge in [-0.3, -0.25) is 5.10 Å². The Hall–Kier alpha value is -2.04. The van der Waals surface area contributed by atoms with Gasteiger partial charge < -0.3 is 11.1 Å². The Balaban J connectivity index is 1.73. The summed E-state index contributed by atoms with van der Waals surface area (Å²) in [5.74, 6) is 0.546. The molecule has 0 atom stereocenters. The number of aryl methyl sites for hydroxylation is 2. The predicted octanol–water partition coefficient (Wildman–Crippen LogP) is 1.74. The van der Waals surface area contributed by atoms with Crippen molar-refractivity contribution in [3.8, 4) is 0 Å². The molecular weight excluding hydrogens is 214 g/mol. The Labute approximate surface area is 100 Å². The number of pyridine rings is 1. The average Bonchev–Trinajstić information content (AvgIpc) is 2.73. The summed E-state index contributed by atoms with van der Waals surface area (Å²) in [6, 6.07) is 3.73. The summed E-state index contributed by atoms with van der Waals surface area (Å²) in [4.78, 5) is 4.02. The highest BCUT2D eigenvalue weighted by Gasteiger charge is 1.99. The van der Waals surface area contributed by atoms with Crippen LogP contribution >= 0.6 is 0 Å². The maximum absolute atomic E-state index is 5.51. The van der Waals surface area contributed by atoms with E-state index in [-0.39, 0.29) is 0 Å². The smallest absolute Gasteiger partial charge is 0.123 e. The number of nitrogens with two attached hydrogens (primary N) is 1. The number of hydrogen-bond donors (Lipinski definition) is 3. The first-order chi connectivity index (χ1) is 8.25. The monoisotopic (exact) mass is 231 g/mol. The van der Waals surface area contributed by atoms with Crippen molar-refractivity contribution in [2.45, 2.75) is 19.8 Å². The zero-order chi connectivity index (χ0) is 12.1. The van der Waals surface area contributed by atoms with Crippen LogP contribution in [-0.4, -0.2) is 21.7 Å². The van der Waals surface area contributed by atoms with Crippen molar-refractivity contribution in [3.63, 3.8) is 0 Å². The number of nitrogens with zero attached hydrogens (tertiary/aromatic N) is 2. The number of aromatic nitrogens is 3. The van der Waals surface area contributed by atoms with Crippen molar-refractivity contribution in [1.82, 2.24) is 15.2 Å². The molecule has 5 nitrogen and oxygen atoms in total. The second-order valence-electron chi connectivity index (χ2n) is 4.02. The van der Waals surface area contributed by atoms with E-state index < -0.39 is 0 Å². The van der Waals surface area contributed by atoms with E-state index >= 15 is 0 Å². The minimum Gasteiger partial charge on any atom is -0.384 e. The molecule has 2 aromatic rings. The minimum absolute atomic E-state index is 0.546. The summed E-state index contributed by atoms with van der Waals surface area (Å²) in [6.07, 6.45) is 5.72. The Bertz CT molecular complexity index is 460. The van der Waals surface area contributed by atoms with Crippen molar-refractivity contribution >= 4 is 11.5 Å². The fraction of sp³-hybridized carbons (Fsp3) is 0.333. The van der Waals surface area contributed by atoms with Crippen LogP contribution in [0.3, 0.4) is 0 Å². The molecule has 90 valence electrons. The van der Waals surface area contributed by atoms with E-state index in [1.54, 1.807) is 12.3 Å². The van der Waals surface area contributed by atoms with Crippen LogP contribution in [0.4, 0.5) is 11.5 Å². The molecule has 0 amide bonds. The van der Waals surface area contributed by atoms with E-state index in [9.17, 15) is 0 Å². The lowest BCUT2D eigenvalue weighted by atomic mass is 10.1. The molecule has 2 aromatic heterocycles. The van der Waals surface area contributed by atoms with Crippen LogP contribution in [0.5, 0.6) is 0 Å². The summed E-state index contributed by atoms with van der Waals surface area (Å²) in [6.45, 7) is 2.95. The molecule has 5 heteroatoms. The van der Waals surface area contributed by atoms with Crippen LogP contribution in [-0.2, 0) is 6.42 Å². The molecule has 0 aromatic carbocycles. The molecule has 0 saturated heterocycles. The van der Waals surface area contributed by atoms with Gasteiger partial charge >= 0.3 is 0 Å². The number of H-pyrrole nitrogens is 1. The zero-order valence-electron chi connectivity index (χ0n) is 9.90. The fourth-order valence-corrected chi connectivity index (χ4v) is 1.65. The van der Waals surface area contributed by atoms with E-state index in [0.717, 1.165) is 30.8 Å². The van der Waals surface area contributed by atoms with Crippen LogP contribution < -0.4 is 11.1 Å². The highest BCUT2D eigenvalue weighted by molar-refractivity contribution is 5.45. The molecule has 0 aliphatic rings. The fourth-order valence-electron chi connectivity index (χ4n) is 1.65. The van der Waals surface area contributed by atoms with Gasteiger partial charge in [0.2, 0.25) is 0 Å². The summed E-state index contributed by atoms with van der Waals surface area (Å²) >= 11 is 0. The maximum Gasteiger partial charge on any atom is 0.123 e. The van der Waals surface area contributed by atoms with E-state index in [1.165, 1.54) is 5.56 Å². The van der Waals surface area contributed by atoms with Crippen LogP contribution in [0.2, 0.25) is 0 Å². The van der Waals surface area contributed by atoms with Crippen molar-refractivity contribution < 1.29 is 0 Å². The largest absolute Gasteiger partial charge is 0.384 e. The Morgan fingerprint density at radius 3 is 2.88 bits per heavy atom. The summed E-state index contributed by atoms with van der Waals surface area (Å²) in [5.41, 5.74) is 8.95. The molecule has 0 fully saturated rings. The van der Waals surface area contributed by atoms with Gasteiger partial charge in [-0.25, -0.2) is 4.98 Å². The molecule has 17 heavy (non-hydrogen) atoms. The number of anilines is 2. The Morgan fingerprint density at radius 2 is 2.24 bits per heavy atom. The number of hydrogen-bond acceptors (Lipinski definition) is 4. The SMILES string of the molecule is Cc1[nH]ncc1CCCNc1ccc(N)nc1. The molecular formula is C12H17N5. The second-order valence-corrected chi connectivity index (χ2v) is 4.02. The first-order valence-corrected chi connectivity index (χ1v) is 5.70. The van der Waals surface area contributed by atoms with E-state index in [4.69, 9.17) is 5.73 Å². The molecule has 0 bridgehead atoms. The van der Waals surface area contributed by atoms with E-state index in [2.05, 4.69) is 20.5 Å². The average molecular weight is 231 g/mol.